The number of aliphatic hydroxyl groups is 2. The van der Waals surface area contributed by atoms with Crippen molar-refractivity contribution >= 4 is 6.09 Å². The molecule has 6 heteroatoms. The molecule has 19 heavy (non-hydrogen) atoms. The van der Waals surface area contributed by atoms with Crippen LogP contribution in [0.1, 0.15) is 44.0 Å². The van der Waals surface area contributed by atoms with Gasteiger partial charge in [0.05, 0.1) is 24.5 Å². The maximum Gasteiger partial charge on any atom is 0.412 e. The molecule has 1 amide bonds. The quantitative estimate of drug-likeness (QED) is 0.801. The van der Waals surface area contributed by atoms with E-state index in [1.165, 1.54) is 4.90 Å². The molecule has 1 aliphatic heterocycles. The van der Waals surface area contributed by atoms with Crippen molar-refractivity contribution in [3.8, 4) is 0 Å². The molecule has 0 saturated heterocycles. The molecule has 0 saturated carbocycles. The summed E-state index contributed by atoms with van der Waals surface area (Å²) in [6, 6.07) is 3.42. The number of hydrogen-bond donors (Lipinski definition) is 2. The number of carbonyl (C=O) groups is 1. The van der Waals surface area contributed by atoms with Gasteiger partial charge in [-0.1, -0.05) is 6.07 Å². The molecule has 0 bridgehead atoms. The first kappa shape index (κ1) is 13.8. The summed E-state index contributed by atoms with van der Waals surface area (Å²) in [5.41, 5.74) is 1.01. The monoisotopic (exact) mass is 266 g/mol. The van der Waals surface area contributed by atoms with Crippen molar-refractivity contribution in [3.05, 3.63) is 29.1 Å². The molecule has 0 fully saturated rings. The number of hydrogen-bond acceptors (Lipinski definition) is 5. The summed E-state index contributed by atoms with van der Waals surface area (Å²) >= 11 is 0. The molecule has 1 aliphatic rings. The third kappa shape index (κ3) is 2.85. The first-order valence-electron chi connectivity index (χ1n) is 6.09. The minimum Gasteiger partial charge on any atom is -0.444 e. The number of fused-ring (bicyclic) bond motifs is 1. The van der Waals surface area contributed by atoms with Crippen molar-refractivity contribution in [2.24, 2.45) is 0 Å². The van der Waals surface area contributed by atoms with Gasteiger partial charge in [0, 0.05) is 0 Å². The van der Waals surface area contributed by atoms with Crippen molar-refractivity contribution in [1.29, 1.82) is 0 Å². The highest BCUT2D eigenvalue weighted by atomic mass is 16.6. The van der Waals surface area contributed by atoms with Gasteiger partial charge < -0.3 is 14.9 Å². The van der Waals surface area contributed by atoms with Crippen molar-refractivity contribution in [3.63, 3.8) is 0 Å². The van der Waals surface area contributed by atoms with Gasteiger partial charge in [-0.15, -0.1) is 0 Å². The van der Waals surface area contributed by atoms with Crippen LogP contribution in [0.5, 0.6) is 0 Å². The average molecular weight is 266 g/mol. The first-order chi connectivity index (χ1) is 8.81. The van der Waals surface area contributed by atoms with Gasteiger partial charge in [-0.3, -0.25) is 9.88 Å². The summed E-state index contributed by atoms with van der Waals surface area (Å²) in [5.74, 6) is 0. The zero-order chi connectivity index (χ0) is 14.2. The maximum atomic E-state index is 12.0. The van der Waals surface area contributed by atoms with E-state index in [0.717, 1.165) is 5.56 Å². The van der Waals surface area contributed by atoms with Crippen LogP contribution in [0.2, 0.25) is 0 Å². The number of pyridine rings is 1. The minimum absolute atomic E-state index is 0.202. The van der Waals surface area contributed by atoms with Crippen molar-refractivity contribution < 1.29 is 19.7 Å². The molecule has 2 rings (SSSR count). The topological polar surface area (TPSA) is 82.9 Å². The Bertz CT molecular complexity index is 496. The fourth-order valence-corrected chi connectivity index (χ4v) is 1.89. The number of aromatic nitrogens is 1. The van der Waals surface area contributed by atoms with E-state index in [9.17, 15) is 9.90 Å². The fraction of sp³-hybridized carbons (Fsp3) is 0.538. The molecule has 0 aliphatic carbocycles. The van der Waals surface area contributed by atoms with E-state index >= 15 is 0 Å². The van der Waals surface area contributed by atoms with E-state index in [1.807, 2.05) is 0 Å². The average Bonchev–Trinajstić information content (AvgIpc) is 2.64. The Labute approximate surface area is 111 Å². The van der Waals surface area contributed by atoms with E-state index in [-0.39, 0.29) is 13.2 Å². The Morgan fingerprint density at radius 1 is 1.53 bits per heavy atom. The van der Waals surface area contributed by atoms with Crippen LogP contribution in [-0.4, -0.2) is 31.8 Å². The molecule has 0 radical (unpaired) electrons. The molecule has 2 heterocycles. The highest BCUT2D eigenvalue weighted by Gasteiger charge is 2.36. The van der Waals surface area contributed by atoms with E-state index < -0.39 is 17.9 Å². The van der Waals surface area contributed by atoms with Crippen LogP contribution in [-0.2, 0) is 17.9 Å². The van der Waals surface area contributed by atoms with E-state index in [2.05, 4.69) is 4.98 Å². The van der Waals surface area contributed by atoms with Gasteiger partial charge in [0.2, 0.25) is 0 Å². The Balaban J connectivity index is 2.19. The lowest BCUT2D eigenvalue weighted by Gasteiger charge is -2.26. The summed E-state index contributed by atoms with van der Waals surface area (Å²) in [6.45, 7) is 5.35. The summed E-state index contributed by atoms with van der Waals surface area (Å²) in [6.07, 6.45) is -1.71. The number of ether oxygens (including phenoxy) is 1. The molecule has 2 N–H and O–H groups in total. The van der Waals surface area contributed by atoms with Crippen molar-refractivity contribution in [2.75, 3.05) is 0 Å². The first-order valence-corrected chi connectivity index (χ1v) is 6.09. The Morgan fingerprint density at radius 2 is 2.21 bits per heavy atom. The lowest BCUT2D eigenvalue weighted by Crippen LogP contribution is -2.35. The van der Waals surface area contributed by atoms with Gasteiger partial charge in [-0.25, -0.2) is 4.79 Å². The lowest BCUT2D eigenvalue weighted by atomic mass is 10.2. The summed E-state index contributed by atoms with van der Waals surface area (Å²) in [5, 5.41) is 19.1. The second-order valence-corrected chi connectivity index (χ2v) is 5.49. The molecular weight excluding hydrogens is 248 g/mol. The zero-order valence-corrected chi connectivity index (χ0v) is 11.3. The number of nitrogens with zero attached hydrogens (tertiary/aromatic N) is 2. The van der Waals surface area contributed by atoms with Crippen LogP contribution >= 0.6 is 0 Å². The zero-order valence-electron chi connectivity index (χ0n) is 11.3. The molecule has 0 aromatic carbocycles. The Kier molecular flexibility index (Phi) is 3.47. The molecule has 1 aromatic rings. The molecule has 104 valence electrons. The van der Waals surface area contributed by atoms with Gasteiger partial charge in [-0.2, -0.15) is 0 Å². The van der Waals surface area contributed by atoms with E-state index in [4.69, 9.17) is 9.84 Å². The summed E-state index contributed by atoms with van der Waals surface area (Å²) < 4.78 is 5.23. The normalized spacial score (nSPS) is 18.4. The minimum atomic E-state index is -1.13. The second-order valence-electron chi connectivity index (χ2n) is 5.49. The number of carbonyl (C=O) groups excluding carboxylic acids is 1. The third-order valence-electron chi connectivity index (χ3n) is 2.74. The smallest absolute Gasteiger partial charge is 0.412 e. The van der Waals surface area contributed by atoms with Crippen LogP contribution in [0, 0.1) is 0 Å². The molecular formula is C13H18N2O4. The fourth-order valence-electron chi connectivity index (χ4n) is 1.89. The van der Waals surface area contributed by atoms with Gasteiger partial charge in [0.15, 0.2) is 6.23 Å². The molecule has 6 nitrogen and oxygen atoms in total. The number of rotatable bonds is 1. The van der Waals surface area contributed by atoms with Gasteiger partial charge in [0.25, 0.3) is 0 Å². The molecule has 1 atom stereocenters. The van der Waals surface area contributed by atoms with Crippen LogP contribution in [0.25, 0.3) is 0 Å². The Hall–Kier alpha value is -1.66. The number of amides is 1. The van der Waals surface area contributed by atoms with Gasteiger partial charge >= 0.3 is 6.09 Å². The van der Waals surface area contributed by atoms with E-state index in [1.54, 1.807) is 32.9 Å². The highest BCUT2D eigenvalue weighted by molar-refractivity contribution is 5.69. The molecule has 1 unspecified atom stereocenters. The predicted octanol–water partition coefficient (Wildman–Crippen LogP) is 1.32. The maximum absolute atomic E-state index is 12.0. The van der Waals surface area contributed by atoms with Gasteiger partial charge in [0.1, 0.15) is 5.60 Å². The standard InChI is InChI=1S/C13H18N2O4/c1-13(2,3)19-12(18)15-6-8-4-5-9(7-16)14-10(8)11(15)17/h4-5,11,16-17H,6-7H2,1-3H3. The van der Waals surface area contributed by atoms with Crippen LogP contribution in [0.15, 0.2) is 12.1 Å². The predicted molar refractivity (Wildman–Crippen MR) is 66.9 cm³/mol. The Morgan fingerprint density at radius 3 is 2.79 bits per heavy atom. The van der Waals surface area contributed by atoms with Crippen LogP contribution in [0.4, 0.5) is 4.79 Å². The third-order valence-corrected chi connectivity index (χ3v) is 2.74. The number of aliphatic hydroxyl groups excluding tert-OH is 2. The summed E-state index contributed by atoms with van der Waals surface area (Å²) in [4.78, 5) is 17.3. The van der Waals surface area contributed by atoms with Crippen LogP contribution in [0.3, 0.4) is 0 Å². The largest absolute Gasteiger partial charge is 0.444 e. The molecule has 1 aromatic heterocycles. The van der Waals surface area contributed by atoms with Crippen molar-refractivity contribution in [1.82, 2.24) is 9.88 Å². The highest BCUT2D eigenvalue weighted by Crippen LogP contribution is 2.31. The van der Waals surface area contributed by atoms with Gasteiger partial charge in [-0.05, 0) is 32.4 Å². The SMILES string of the molecule is CC(C)(C)OC(=O)N1Cc2ccc(CO)nc2C1O. The second kappa shape index (κ2) is 4.79. The van der Waals surface area contributed by atoms with E-state index in [0.29, 0.717) is 11.4 Å². The lowest BCUT2D eigenvalue weighted by molar-refractivity contribution is -0.0269. The summed E-state index contributed by atoms with van der Waals surface area (Å²) in [7, 11) is 0. The van der Waals surface area contributed by atoms with Crippen LogP contribution < -0.4 is 0 Å². The van der Waals surface area contributed by atoms with Crippen molar-refractivity contribution in [2.45, 2.75) is 45.8 Å². The molecule has 0 spiro atoms.